The van der Waals surface area contributed by atoms with Crippen molar-refractivity contribution in [3.63, 3.8) is 0 Å². The van der Waals surface area contributed by atoms with Gasteiger partial charge in [-0.3, -0.25) is 4.55 Å². The Morgan fingerprint density at radius 1 is 1.57 bits per heavy atom. The number of allylic oxidation sites excluding steroid dienone is 1. The molecule has 1 aliphatic heterocycles. The Hall–Kier alpha value is -0.750. The fourth-order valence-corrected chi connectivity index (χ4v) is 1.42. The molecule has 0 radical (unpaired) electrons. The molecule has 0 spiro atoms. The summed E-state index contributed by atoms with van der Waals surface area (Å²) in [6.45, 7) is 4.84. The van der Waals surface area contributed by atoms with Crippen LogP contribution in [0.25, 0.3) is 0 Å². The molecule has 82 valence electrons. The van der Waals surface area contributed by atoms with E-state index < -0.39 is 21.2 Å². The largest absolute Gasteiger partial charge is 0.457 e. The van der Waals surface area contributed by atoms with Gasteiger partial charge in [0.25, 0.3) is 10.1 Å². The molecule has 1 aliphatic rings. The standard InChI is InChI=1S/C8H14O5S/c1-6(14(9,10)11)4-7-5-12-8(2,3)13-7/h5-6H,4H2,1-3H3,(H,9,10,11)/t6-/m1/s1. The zero-order valence-corrected chi connectivity index (χ0v) is 9.17. The summed E-state index contributed by atoms with van der Waals surface area (Å²) >= 11 is 0. The molecule has 1 rings (SSSR count). The minimum absolute atomic E-state index is 0.113. The lowest BCUT2D eigenvalue weighted by Crippen LogP contribution is -2.22. The Morgan fingerprint density at radius 3 is 2.50 bits per heavy atom. The Morgan fingerprint density at radius 2 is 2.14 bits per heavy atom. The van der Waals surface area contributed by atoms with E-state index in [1.54, 1.807) is 13.8 Å². The van der Waals surface area contributed by atoms with Gasteiger partial charge in [0, 0.05) is 20.3 Å². The van der Waals surface area contributed by atoms with Crippen LogP contribution in [0.2, 0.25) is 0 Å². The van der Waals surface area contributed by atoms with Crippen molar-refractivity contribution in [3.05, 3.63) is 12.0 Å². The van der Waals surface area contributed by atoms with Crippen LogP contribution >= 0.6 is 0 Å². The van der Waals surface area contributed by atoms with Crippen LogP contribution in [0.5, 0.6) is 0 Å². The highest BCUT2D eigenvalue weighted by Gasteiger charge is 2.30. The minimum atomic E-state index is -4.00. The van der Waals surface area contributed by atoms with Crippen LogP contribution in [0.4, 0.5) is 0 Å². The van der Waals surface area contributed by atoms with Gasteiger partial charge in [0.15, 0.2) is 0 Å². The van der Waals surface area contributed by atoms with E-state index in [0.29, 0.717) is 5.76 Å². The molecule has 0 aromatic heterocycles. The molecule has 5 nitrogen and oxygen atoms in total. The maximum atomic E-state index is 10.7. The van der Waals surface area contributed by atoms with Gasteiger partial charge in [0.2, 0.25) is 5.79 Å². The summed E-state index contributed by atoms with van der Waals surface area (Å²) in [6.07, 6.45) is 1.49. The van der Waals surface area contributed by atoms with Crippen molar-refractivity contribution in [3.8, 4) is 0 Å². The van der Waals surface area contributed by atoms with Crippen LogP contribution in [-0.2, 0) is 19.6 Å². The second kappa shape index (κ2) is 3.43. The van der Waals surface area contributed by atoms with Crippen LogP contribution in [0.1, 0.15) is 27.2 Å². The molecule has 14 heavy (non-hydrogen) atoms. The quantitative estimate of drug-likeness (QED) is 0.728. The molecule has 0 fully saturated rings. The van der Waals surface area contributed by atoms with Gasteiger partial charge >= 0.3 is 0 Å². The van der Waals surface area contributed by atoms with Crippen LogP contribution in [-0.4, -0.2) is 24.0 Å². The van der Waals surface area contributed by atoms with Gasteiger partial charge in [-0.2, -0.15) is 8.42 Å². The number of rotatable bonds is 3. The third kappa shape index (κ3) is 2.88. The van der Waals surface area contributed by atoms with Gasteiger partial charge in [-0.05, 0) is 6.92 Å². The van der Waals surface area contributed by atoms with Crippen LogP contribution in [0, 0.1) is 0 Å². The third-order valence-corrected chi connectivity index (χ3v) is 3.03. The normalized spacial score (nSPS) is 22.1. The predicted octanol–water partition coefficient (Wildman–Crippen LogP) is 1.28. The first-order valence-electron chi connectivity index (χ1n) is 4.23. The lowest BCUT2D eigenvalue weighted by Gasteiger charge is -2.18. The molecular formula is C8H14O5S. The monoisotopic (exact) mass is 222 g/mol. The first kappa shape index (κ1) is 11.3. The zero-order valence-electron chi connectivity index (χ0n) is 8.35. The van der Waals surface area contributed by atoms with Crippen molar-refractivity contribution in [1.82, 2.24) is 0 Å². The Labute approximate surface area is 83.5 Å². The average Bonchev–Trinajstić information content (AvgIpc) is 2.28. The van der Waals surface area contributed by atoms with Crippen LogP contribution in [0.3, 0.4) is 0 Å². The Bertz CT molecular complexity index is 341. The van der Waals surface area contributed by atoms with Gasteiger partial charge in [-0.25, -0.2) is 0 Å². The maximum Gasteiger partial charge on any atom is 0.267 e. The van der Waals surface area contributed by atoms with E-state index in [-0.39, 0.29) is 6.42 Å². The lowest BCUT2D eigenvalue weighted by atomic mass is 10.3. The zero-order chi connectivity index (χ0) is 11.0. The SMILES string of the molecule is C[C@H](CC1=COC(C)(C)O1)S(=O)(=O)O. The molecule has 0 saturated heterocycles. The van der Waals surface area contributed by atoms with Gasteiger partial charge in [-0.1, -0.05) is 0 Å². The predicted molar refractivity (Wildman–Crippen MR) is 50.0 cm³/mol. The summed E-state index contributed by atoms with van der Waals surface area (Å²) in [5.41, 5.74) is 0. The first-order valence-corrected chi connectivity index (χ1v) is 5.73. The average molecular weight is 222 g/mol. The van der Waals surface area contributed by atoms with Gasteiger partial charge in [0.1, 0.15) is 12.0 Å². The van der Waals surface area contributed by atoms with E-state index in [2.05, 4.69) is 0 Å². The molecule has 1 heterocycles. The van der Waals surface area contributed by atoms with Crippen molar-refractivity contribution in [1.29, 1.82) is 0 Å². The second-order valence-electron chi connectivity index (χ2n) is 3.73. The summed E-state index contributed by atoms with van der Waals surface area (Å²) in [6, 6.07) is 0. The molecule has 0 aromatic carbocycles. The Balaban J connectivity index is 2.57. The summed E-state index contributed by atoms with van der Waals surface area (Å²) in [5.74, 6) is -0.311. The summed E-state index contributed by atoms with van der Waals surface area (Å²) in [5, 5.41) is -0.883. The van der Waals surface area contributed by atoms with Crippen molar-refractivity contribution >= 4 is 10.1 Å². The summed E-state index contributed by atoms with van der Waals surface area (Å²) in [4.78, 5) is 0. The third-order valence-electron chi connectivity index (χ3n) is 1.85. The summed E-state index contributed by atoms with van der Waals surface area (Å²) < 4.78 is 40.5. The molecule has 1 N–H and O–H groups in total. The van der Waals surface area contributed by atoms with Crippen LogP contribution in [0.15, 0.2) is 12.0 Å². The molecule has 0 saturated carbocycles. The van der Waals surface area contributed by atoms with E-state index in [1.165, 1.54) is 13.2 Å². The number of ether oxygens (including phenoxy) is 2. The van der Waals surface area contributed by atoms with Gasteiger partial charge < -0.3 is 9.47 Å². The lowest BCUT2D eigenvalue weighted by molar-refractivity contribution is -0.117. The Kier molecular flexibility index (Phi) is 2.78. The van der Waals surface area contributed by atoms with E-state index >= 15 is 0 Å². The van der Waals surface area contributed by atoms with Gasteiger partial charge in [-0.15, -0.1) is 0 Å². The fourth-order valence-electron chi connectivity index (χ4n) is 1.05. The molecule has 0 unspecified atom stereocenters. The molecule has 0 aliphatic carbocycles. The molecule has 0 amide bonds. The molecule has 1 atom stereocenters. The van der Waals surface area contributed by atoms with Crippen molar-refractivity contribution in [2.45, 2.75) is 38.2 Å². The molecule has 6 heteroatoms. The van der Waals surface area contributed by atoms with E-state index in [9.17, 15) is 8.42 Å². The fraction of sp³-hybridized carbons (Fsp3) is 0.750. The van der Waals surface area contributed by atoms with E-state index in [4.69, 9.17) is 14.0 Å². The number of hydrogen-bond donors (Lipinski definition) is 1. The van der Waals surface area contributed by atoms with E-state index in [0.717, 1.165) is 0 Å². The van der Waals surface area contributed by atoms with Crippen molar-refractivity contribution < 1.29 is 22.4 Å². The summed E-state index contributed by atoms with van der Waals surface area (Å²) in [7, 11) is -4.00. The smallest absolute Gasteiger partial charge is 0.267 e. The van der Waals surface area contributed by atoms with Crippen molar-refractivity contribution in [2.75, 3.05) is 0 Å². The topological polar surface area (TPSA) is 72.8 Å². The van der Waals surface area contributed by atoms with Crippen LogP contribution < -0.4 is 0 Å². The molecule has 0 bridgehead atoms. The van der Waals surface area contributed by atoms with E-state index in [1.807, 2.05) is 0 Å². The second-order valence-corrected chi connectivity index (χ2v) is 5.57. The highest BCUT2D eigenvalue weighted by atomic mass is 32.2. The molecule has 0 aromatic rings. The highest BCUT2D eigenvalue weighted by Crippen LogP contribution is 2.27. The minimum Gasteiger partial charge on any atom is -0.457 e. The highest BCUT2D eigenvalue weighted by molar-refractivity contribution is 7.86. The first-order chi connectivity index (χ1) is 6.21. The molecular weight excluding hydrogens is 208 g/mol. The number of hydrogen-bond acceptors (Lipinski definition) is 4. The van der Waals surface area contributed by atoms with Crippen molar-refractivity contribution in [2.24, 2.45) is 0 Å². The maximum absolute atomic E-state index is 10.7. The van der Waals surface area contributed by atoms with Gasteiger partial charge in [0.05, 0.1) is 5.25 Å².